The Morgan fingerprint density at radius 1 is 0.614 bits per heavy atom. The zero-order valence-corrected chi connectivity index (χ0v) is 43.5. The number of amides is 7. The fraction of sp³-hybridized carbons (Fsp3) is 0.673. The molecule has 0 aliphatic carbocycles. The van der Waals surface area contributed by atoms with Crippen molar-refractivity contribution in [2.45, 2.75) is 170 Å². The summed E-state index contributed by atoms with van der Waals surface area (Å²) < 4.78 is 10.7. The monoisotopic (exact) mass is 986 g/mol. The average molecular weight is 986 g/mol. The number of aliphatic carboxylic acids is 2. The molecule has 3 rings (SSSR count). The molecule has 0 aromatic heterocycles. The quantitative estimate of drug-likeness (QED) is 0.167. The molecular formula is C49H75N7O14. The number of carboxylic acids is 2. The largest absolute Gasteiger partial charge is 0.480 e. The molecule has 0 bridgehead atoms. The summed E-state index contributed by atoms with van der Waals surface area (Å²) in [5, 5.41) is 28.5. The number of Topliss-reactive ketones (excluding diaryl/α,β-unsaturated/α-hetero) is 1. The molecule has 0 radical (unpaired) electrons. The maximum absolute atomic E-state index is 14.2. The topological polar surface area (TPSA) is 279 Å². The molecular weight excluding hydrogens is 911 g/mol. The number of likely N-dealkylation sites (N-methyl/N-ethyl adjacent to an activating group) is 2. The van der Waals surface area contributed by atoms with Crippen LogP contribution in [0.4, 0.5) is 9.59 Å². The van der Waals surface area contributed by atoms with Gasteiger partial charge < -0.3 is 50.3 Å². The lowest BCUT2D eigenvalue weighted by Gasteiger charge is -2.36. The second kappa shape index (κ2) is 22.2. The predicted molar refractivity (Wildman–Crippen MR) is 255 cm³/mol. The van der Waals surface area contributed by atoms with Gasteiger partial charge in [0.2, 0.25) is 17.7 Å². The van der Waals surface area contributed by atoms with Gasteiger partial charge in [0.05, 0.1) is 6.04 Å². The number of carbonyl (C=O) groups is 10. The summed E-state index contributed by atoms with van der Waals surface area (Å²) in [6.07, 6.45) is -2.03. The number of benzene rings is 1. The lowest BCUT2D eigenvalue weighted by molar-refractivity contribution is -0.152. The number of hydrogen-bond donors (Lipinski definition) is 5. The first-order chi connectivity index (χ1) is 31.8. The zero-order chi connectivity index (χ0) is 53.8. The maximum atomic E-state index is 14.2. The minimum Gasteiger partial charge on any atom is -0.480 e. The summed E-state index contributed by atoms with van der Waals surface area (Å²) in [6.45, 7) is 23.1. The van der Waals surface area contributed by atoms with Crippen LogP contribution in [0, 0.1) is 16.7 Å². The van der Waals surface area contributed by atoms with E-state index in [-0.39, 0.29) is 43.5 Å². The summed E-state index contributed by atoms with van der Waals surface area (Å²) >= 11 is 0. The highest BCUT2D eigenvalue weighted by Gasteiger charge is 2.48. The first kappa shape index (κ1) is 58.0. The minimum absolute atomic E-state index is 0.106. The van der Waals surface area contributed by atoms with Crippen molar-refractivity contribution in [2.75, 3.05) is 27.2 Å². The Morgan fingerprint density at radius 3 is 1.33 bits per heavy atom. The molecule has 390 valence electrons. The van der Waals surface area contributed by atoms with Crippen molar-refractivity contribution in [3.63, 3.8) is 0 Å². The van der Waals surface area contributed by atoms with Crippen molar-refractivity contribution >= 4 is 59.4 Å². The van der Waals surface area contributed by atoms with Crippen LogP contribution in [0.5, 0.6) is 0 Å². The van der Waals surface area contributed by atoms with E-state index in [0.29, 0.717) is 0 Å². The molecule has 5 N–H and O–H groups in total. The first-order valence-electron chi connectivity index (χ1n) is 23.4. The van der Waals surface area contributed by atoms with E-state index in [2.05, 4.69) is 16.0 Å². The highest BCUT2D eigenvalue weighted by molar-refractivity contribution is 5.99. The maximum Gasteiger partial charge on any atom is 0.410 e. The number of carboxylic acid groups (broad SMARTS) is 2. The van der Waals surface area contributed by atoms with Crippen molar-refractivity contribution in [3.8, 4) is 0 Å². The fourth-order valence-corrected chi connectivity index (χ4v) is 7.94. The smallest absolute Gasteiger partial charge is 0.410 e. The Morgan fingerprint density at radius 2 is 0.986 bits per heavy atom. The van der Waals surface area contributed by atoms with E-state index < -0.39 is 130 Å². The Balaban J connectivity index is 1.70. The number of ether oxygens (including phenoxy) is 2. The predicted octanol–water partition coefficient (Wildman–Crippen LogP) is 3.92. The molecule has 0 saturated carbocycles. The fourth-order valence-electron chi connectivity index (χ4n) is 7.94. The standard InChI is InChI=1S/C49H75N7O14/c1-26(53(15)44(67)69-48(9,10)11)35(57)23-32(46(3,4)5)40(61)55-24-30(21-33(55)42(63)64)50-38(59)28-17-19-29(20-18-28)39(60)51-31-22-34(43(65)66)56(25-31)41(62)36(47(6,7)8)52-37(58)27(2)54(16)45(68)70-49(12,13)14/h17-20,26-27,30-34,36H,21-25H2,1-16H3,(H,50,59)(H,51,60)(H,52,58)(H,63,64)(H,65,66)/t26-,27-,30-,31-,32+,33-,34-,36+/m0/s1. The van der Waals surface area contributed by atoms with Gasteiger partial charge in [-0.25, -0.2) is 19.2 Å². The van der Waals surface area contributed by atoms with Gasteiger partial charge in [-0.1, -0.05) is 41.5 Å². The lowest BCUT2D eigenvalue weighted by Crippen LogP contribution is -2.59. The second-order valence-corrected chi connectivity index (χ2v) is 22.5. The molecule has 70 heavy (non-hydrogen) atoms. The third-order valence-corrected chi connectivity index (χ3v) is 12.3. The molecule has 2 aliphatic rings. The number of carbonyl (C=O) groups excluding carboxylic acids is 8. The Hall–Kier alpha value is -6.28. The third-order valence-electron chi connectivity index (χ3n) is 12.3. The third kappa shape index (κ3) is 15.4. The SMILES string of the molecule is C[C@@H](C(=O)C[C@H](C(=O)N1C[C@@H](NC(=O)c2ccc(C(=O)N[C@H]3C[C@@H](C(=O)O)N(C(=O)[C@@H](NC(=O)[C@H](C)N(C)C(=O)OC(C)(C)C)C(C)(C)C)C3)cc2)C[C@H]1C(=O)O)C(C)(C)C)N(C)C(=O)OC(C)(C)C. The highest BCUT2D eigenvalue weighted by Crippen LogP contribution is 2.34. The van der Waals surface area contributed by atoms with E-state index >= 15 is 0 Å². The molecule has 7 amide bonds. The van der Waals surface area contributed by atoms with Gasteiger partial charge in [-0.2, -0.15) is 0 Å². The van der Waals surface area contributed by atoms with Crippen LogP contribution < -0.4 is 16.0 Å². The Kier molecular flexibility index (Phi) is 18.4. The van der Waals surface area contributed by atoms with E-state index in [0.717, 1.165) is 19.6 Å². The summed E-state index contributed by atoms with van der Waals surface area (Å²) in [6, 6.07) is -2.03. The van der Waals surface area contributed by atoms with Crippen LogP contribution in [-0.4, -0.2) is 170 Å². The van der Waals surface area contributed by atoms with Crippen molar-refractivity contribution in [1.29, 1.82) is 0 Å². The van der Waals surface area contributed by atoms with Gasteiger partial charge in [0.15, 0.2) is 5.78 Å². The molecule has 8 atom stereocenters. The van der Waals surface area contributed by atoms with Crippen LogP contribution in [0.15, 0.2) is 24.3 Å². The number of ketones is 1. The normalized spacial score (nSPS) is 20.2. The van der Waals surface area contributed by atoms with Gasteiger partial charge >= 0.3 is 24.1 Å². The minimum atomic E-state index is -1.35. The van der Waals surface area contributed by atoms with Crippen molar-refractivity contribution in [1.82, 2.24) is 35.6 Å². The zero-order valence-electron chi connectivity index (χ0n) is 43.5. The molecule has 2 aliphatic heterocycles. The lowest BCUT2D eigenvalue weighted by atomic mass is 9.76. The van der Waals surface area contributed by atoms with E-state index in [1.54, 1.807) is 83.1 Å². The molecule has 2 heterocycles. The van der Waals surface area contributed by atoms with Crippen LogP contribution in [-0.2, 0) is 38.2 Å². The van der Waals surface area contributed by atoms with E-state index in [4.69, 9.17) is 9.47 Å². The van der Waals surface area contributed by atoms with Crippen LogP contribution in [0.25, 0.3) is 0 Å². The summed E-state index contributed by atoms with van der Waals surface area (Å²) in [5.74, 6) is -7.21. The molecule has 1 aromatic carbocycles. The molecule has 2 fully saturated rings. The molecule has 1 aromatic rings. The Bertz CT molecular complexity index is 2020. The van der Waals surface area contributed by atoms with Crippen LogP contribution in [0.3, 0.4) is 0 Å². The van der Waals surface area contributed by atoms with Crippen LogP contribution in [0.2, 0.25) is 0 Å². The van der Waals surface area contributed by atoms with Crippen molar-refractivity contribution in [2.24, 2.45) is 16.7 Å². The first-order valence-corrected chi connectivity index (χ1v) is 23.4. The Labute approximate surface area is 410 Å². The second-order valence-electron chi connectivity index (χ2n) is 22.5. The summed E-state index contributed by atoms with van der Waals surface area (Å²) in [7, 11) is 2.80. The van der Waals surface area contributed by atoms with Gasteiger partial charge in [0, 0.05) is 75.6 Å². The van der Waals surface area contributed by atoms with E-state index in [9.17, 15) is 58.2 Å². The van der Waals surface area contributed by atoms with Gasteiger partial charge in [-0.15, -0.1) is 0 Å². The molecule has 21 nitrogen and oxygen atoms in total. The molecule has 21 heteroatoms. The molecule has 2 saturated heterocycles. The van der Waals surface area contributed by atoms with Crippen LogP contribution >= 0.6 is 0 Å². The number of nitrogens with one attached hydrogen (secondary N) is 3. The highest BCUT2D eigenvalue weighted by atomic mass is 16.6. The van der Waals surface area contributed by atoms with E-state index in [1.165, 1.54) is 52.2 Å². The van der Waals surface area contributed by atoms with Gasteiger partial charge in [-0.05, 0) is 90.5 Å². The number of rotatable bonds is 15. The summed E-state index contributed by atoms with van der Waals surface area (Å²) in [5.41, 5.74) is -3.13. The molecule has 0 spiro atoms. The van der Waals surface area contributed by atoms with Gasteiger partial charge in [-0.3, -0.25) is 33.7 Å². The van der Waals surface area contributed by atoms with Crippen molar-refractivity contribution < 1.29 is 67.6 Å². The summed E-state index contributed by atoms with van der Waals surface area (Å²) in [4.78, 5) is 137. The van der Waals surface area contributed by atoms with Gasteiger partial charge in [0.25, 0.3) is 11.8 Å². The molecule has 0 unspecified atom stereocenters. The van der Waals surface area contributed by atoms with Crippen LogP contribution in [0.1, 0.15) is 137 Å². The van der Waals surface area contributed by atoms with E-state index in [1.807, 2.05) is 0 Å². The number of hydrogen-bond acceptors (Lipinski definition) is 12. The number of likely N-dealkylation sites (tertiary alicyclic amines) is 2. The number of nitrogens with zero attached hydrogens (tertiary/aromatic N) is 4. The average Bonchev–Trinajstić information content (AvgIpc) is 3.86. The van der Waals surface area contributed by atoms with Crippen molar-refractivity contribution in [3.05, 3.63) is 35.4 Å². The van der Waals surface area contributed by atoms with Gasteiger partial charge in [0.1, 0.15) is 35.4 Å².